The van der Waals surface area contributed by atoms with E-state index >= 15 is 0 Å². The van der Waals surface area contributed by atoms with Crippen molar-refractivity contribution in [1.29, 1.82) is 0 Å². The second-order valence-electron chi connectivity index (χ2n) is 6.96. The van der Waals surface area contributed by atoms with E-state index in [1.807, 2.05) is 36.9 Å². The van der Waals surface area contributed by atoms with Gasteiger partial charge in [-0.1, -0.05) is 12.1 Å². The average molecular weight is 365 g/mol. The SMILES string of the molecule is CC(=O)c1ccc(NC(=O)NCc2ccc3c(c2)CN(C(C)C)C3=O)cc1. The van der Waals surface area contributed by atoms with E-state index in [0.29, 0.717) is 24.3 Å². The molecule has 2 aromatic carbocycles. The minimum atomic E-state index is -0.328. The van der Waals surface area contributed by atoms with Crippen molar-refractivity contribution in [3.05, 3.63) is 64.7 Å². The largest absolute Gasteiger partial charge is 0.334 e. The number of carbonyl (C=O) groups excluding carboxylic acids is 3. The van der Waals surface area contributed by atoms with Crippen molar-refractivity contribution in [2.24, 2.45) is 0 Å². The van der Waals surface area contributed by atoms with Crippen molar-refractivity contribution in [1.82, 2.24) is 10.2 Å². The monoisotopic (exact) mass is 365 g/mol. The molecule has 0 bridgehead atoms. The number of nitrogens with one attached hydrogen (secondary N) is 2. The van der Waals surface area contributed by atoms with Gasteiger partial charge in [0.25, 0.3) is 5.91 Å². The van der Waals surface area contributed by atoms with Crippen molar-refractivity contribution < 1.29 is 14.4 Å². The normalized spacial score (nSPS) is 12.9. The number of urea groups is 1. The predicted octanol–water partition coefficient (Wildman–Crippen LogP) is 3.58. The Hall–Kier alpha value is -3.15. The molecule has 3 amide bonds. The molecule has 0 unspecified atom stereocenters. The highest BCUT2D eigenvalue weighted by Gasteiger charge is 2.28. The van der Waals surface area contributed by atoms with E-state index < -0.39 is 0 Å². The Balaban J connectivity index is 1.58. The lowest BCUT2D eigenvalue weighted by Crippen LogP contribution is -2.30. The van der Waals surface area contributed by atoms with Gasteiger partial charge in [-0.15, -0.1) is 0 Å². The van der Waals surface area contributed by atoms with Crippen LogP contribution in [0.15, 0.2) is 42.5 Å². The van der Waals surface area contributed by atoms with Crippen molar-refractivity contribution >= 4 is 23.4 Å². The standard InChI is InChI=1S/C21H23N3O3/c1-13(2)24-12-17-10-15(4-9-19(17)20(24)26)11-22-21(27)23-18-7-5-16(6-8-18)14(3)25/h4-10,13H,11-12H2,1-3H3,(H2,22,23,27). The minimum absolute atomic E-state index is 0.0166. The Labute approximate surface area is 158 Å². The molecular weight excluding hydrogens is 342 g/mol. The van der Waals surface area contributed by atoms with E-state index in [4.69, 9.17) is 0 Å². The second-order valence-corrected chi connectivity index (χ2v) is 6.96. The first-order valence-electron chi connectivity index (χ1n) is 8.94. The first-order chi connectivity index (χ1) is 12.8. The van der Waals surface area contributed by atoms with Gasteiger partial charge in [0.15, 0.2) is 5.78 Å². The van der Waals surface area contributed by atoms with Gasteiger partial charge in [0.2, 0.25) is 0 Å². The lowest BCUT2D eigenvalue weighted by molar-refractivity contribution is 0.0730. The molecule has 3 rings (SSSR count). The zero-order chi connectivity index (χ0) is 19.6. The van der Waals surface area contributed by atoms with Crippen LogP contribution in [-0.2, 0) is 13.1 Å². The summed E-state index contributed by atoms with van der Waals surface area (Å²) in [6.07, 6.45) is 0. The Morgan fingerprint density at radius 2 is 1.81 bits per heavy atom. The quantitative estimate of drug-likeness (QED) is 0.795. The van der Waals surface area contributed by atoms with Crippen LogP contribution in [0.3, 0.4) is 0 Å². The first kappa shape index (κ1) is 18.6. The van der Waals surface area contributed by atoms with E-state index in [-0.39, 0.29) is 23.8 Å². The number of rotatable bonds is 5. The number of nitrogens with zero attached hydrogens (tertiary/aromatic N) is 1. The van der Waals surface area contributed by atoms with Gasteiger partial charge in [-0.3, -0.25) is 9.59 Å². The maximum Gasteiger partial charge on any atom is 0.319 e. The topological polar surface area (TPSA) is 78.5 Å². The number of amides is 3. The van der Waals surface area contributed by atoms with Crippen LogP contribution in [0, 0.1) is 0 Å². The predicted molar refractivity (Wildman–Crippen MR) is 104 cm³/mol. The molecule has 1 aliphatic rings. The molecule has 0 spiro atoms. The molecule has 0 fully saturated rings. The lowest BCUT2D eigenvalue weighted by Gasteiger charge is -2.19. The fourth-order valence-corrected chi connectivity index (χ4v) is 3.07. The summed E-state index contributed by atoms with van der Waals surface area (Å²) in [5.41, 5.74) is 3.89. The zero-order valence-corrected chi connectivity index (χ0v) is 15.7. The van der Waals surface area contributed by atoms with Crippen molar-refractivity contribution in [3.8, 4) is 0 Å². The highest BCUT2D eigenvalue weighted by atomic mass is 16.2. The molecule has 0 aromatic heterocycles. The number of anilines is 1. The molecule has 6 heteroatoms. The van der Waals surface area contributed by atoms with Gasteiger partial charge in [-0.25, -0.2) is 4.79 Å². The summed E-state index contributed by atoms with van der Waals surface area (Å²) in [6, 6.07) is 12.2. The summed E-state index contributed by atoms with van der Waals surface area (Å²) in [4.78, 5) is 37.5. The van der Waals surface area contributed by atoms with E-state index in [2.05, 4.69) is 10.6 Å². The van der Waals surface area contributed by atoms with Crippen LogP contribution in [0.5, 0.6) is 0 Å². The second kappa shape index (κ2) is 7.61. The summed E-state index contributed by atoms with van der Waals surface area (Å²) in [7, 11) is 0. The van der Waals surface area contributed by atoms with Gasteiger partial charge in [-0.05, 0) is 62.2 Å². The van der Waals surface area contributed by atoms with Crippen LogP contribution in [0.1, 0.15) is 52.6 Å². The fourth-order valence-electron chi connectivity index (χ4n) is 3.07. The van der Waals surface area contributed by atoms with Gasteiger partial charge in [0, 0.05) is 35.9 Å². The number of Topliss-reactive ketones (excluding diaryl/α,β-unsaturated/α-hetero) is 1. The van der Waals surface area contributed by atoms with Crippen LogP contribution < -0.4 is 10.6 Å². The molecule has 6 nitrogen and oxygen atoms in total. The van der Waals surface area contributed by atoms with Gasteiger partial charge in [-0.2, -0.15) is 0 Å². The third kappa shape index (κ3) is 4.16. The third-order valence-electron chi connectivity index (χ3n) is 4.63. The molecule has 0 radical (unpaired) electrons. The summed E-state index contributed by atoms with van der Waals surface area (Å²) >= 11 is 0. The van der Waals surface area contributed by atoms with Gasteiger partial charge in [0.05, 0.1) is 0 Å². The van der Waals surface area contributed by atoms with Crippen molar-refractivity contribution in [3.63, 3.8) is 0 Å². The summed E-state index contributed by atoms with van der Waals surface area (Å²) < 4.78 is 0. The van der Waals surface area contributed by atoms with Crippen LogP contribution >= 0.6 is 0 Å². The maximum atomic E-state index is 12.3. The van der Waals surface area contributed by atoms with Crippen molar-refractivity contribution in [2.75, 3.05) is 5.32 Å². The lowest BCUT2D eigenvalue weighted by atomic mass is 10.1. The van der Waals surface area contributed by atoms with Gasteiger partial charge >= 0.3 is 6.03 Å². The number of benzene rings is 2. The molecule has 0 aliphatic carbocycles. The van der Waals surface area contributed by atoms with Crippen LogP contribution in [0.25, 0.3) is 0 Å². The summed E-state index contributed by atoms with van der Waals surface area (Å²) in [6.45, 7) is 6.47. The van der Waals surface area contributed by atoms with Crippen LogP contribution in [0.2, 0.25) is 0 Å². The minimum Gasteiger partial charge on any atom is -0.334 e. The summed E-state index contributed by atoms with van der Waals surface area (Å²) in [5.74, 6) is 0.0448. The third-order valence-corrected chi connectivity index (χ3v) is 4.63. The van der Waals surface area contributed by atoms with Crippen LogP contribution in [-0.4, -0.2) is 28.7 Å². The van der Waals surface area contributed by atoms with Crippen LogP contribution in [0.4, 0.5) is 10.5 Å². The Kier molecular flexibility index (Phi) is 5.26. The fraction of sp³-hybridized carbons (Fsp3) is 0.286. The van der Waals surface area contributed by atoms with E-state index in [0.717, 1.165) is 16.7 Å². The average Bonchev–Trinajstić information content (AvgIpc) is 2.97. The van der Waals surface area contributed by atoms with Gasteiger partial charge < -0.3 is 15.5 Å². The smallest absolute Gasteiger partial charge is 0.319 e. The molecule has 0 atom stereocenters. The number of carbonyl (C=O) groups is 3. The molecular formula is C21H23N3O3. The number of ketones is 1. The zero-order valence-electron chi connectivity index (χ0n) is 15.7. The molecule has 27 heavy (non-hydrogen) atoms. The highest BCUT2D eigenvalue weighted by molar-refractivity contribution is 5.98. The number of hydrogen-bond acceptors (Lipinski definition) is 3. The first-order valence-corrected chi connectivity index (χ1v) is 8.94. The van der Waals surface area contributed by atoms with Gasteiger partial charge in [0.1, 0.15) is 0 Å². The van der Waals surface area contributed by atoms with E-state index in [9.17, 15) is 14.4 Å². The Morgan fingerprint density at radius 1 is 1.11 bits per heavy atom. The molecule has 0 saturated carbocycles. The Bertz CT molecular complexity index is 888. The molecule has 1 aliphatic heterocycles. The van der Waals surface area contributed by atoms with Crippen molar-refractivity contribution in [2.45, 2.75) is 39.9 Å². The molecule has 1 heterocycles. The highest BCUT2D eigenvalue weighted by Crippen LogP contribution is 2.25. The number of hydrogen-bond donors (Lipinski definition) is 2. The molecule has 2 aromatic rings. The van der Waals surface area contributed by atoms with E-state index in [1.165, 1.54) is 6.92 Å². The van der Waals surface area contributed by atoms with E-state index in [1.54, 1.807) is 24.3 Å². The molecule has 0 saturated heterocycles. The number of fused-ring (bicyclic) bond motifs is 1. The molecule has 140 valence electrons. The summed E-state index contributed by atoms with van der Waals surface area (Å²) in [5, 5.41) is 5.54. The molecule has 2 N–H and O–H groups in total. The maximum absolute atomic E-state index is 12.3. The Morgan fingerprint density at radius 3 is 2.44 bits per heavy atom.